The zero-order valence-electron chi connectivity index (χ0n) is 16.6. The maximum atomic E-state index is 12.7. The fraction of sp³-hybridized carbons (Fsp3) is 0.217. The molecule has 6 nitrogen and oxygen atoms in total. The van der Waals surface area contributed by atoms with Crippen LogP contribution >= 0.6 is 11.3 Å². The van der Waals surface area contributed by atoms with Crippen molar-refractivity contribution in [2.75, 3.05) is 19.0 Å². The molecular formula is C23H21NO5S. The summed E-state index contributed by atoms with van der Waals surface area (Å²) in [7, 11) is 1.57. The van der Waals surface area contributed by atoms with Crippen molar-refractivity contribution in [1.82, 2.24) is 0 Å². The average Bonchev–Trinajstić information content (AvgIpc) is 3.14. The lowest BCUT2D eigenvalue weighted by Crippen LogP contribution is -2.23. The van der Waals surface area contributed by atoms with E-state index in [4.69, 9.17) is 9.47 Å². The van der Waals surface area contributed by atoms with Crippen molar-refractivity contribution in [3.05, 3.63) is 63.8 Å². The van der Waals surface area contributed by atoms with Crippen molar-refractivity contribution < 1.29 is 24.2 Å². The second-order valence-electron chi connectivity index (χ2n) is 6.83. The van der Waals surface area contributed by atoms with E-state index in [1.807, 2.05) is 55.5 Å². The third-order valence-electron chi connectivity index (χ3n) is 5.06. The molecule has 0 radical (unpaired) electrons. The van der Waals surface area contributed by atoms with E-state index in [9.17, 15) is 14.7 Å². The Hall–Kier alpha value is -3.32. The van der Waals surface area contributed by atoms with Gasteiger partial charge in [0.15, 0.2) is 11.5 Å². The van der Waals surface area contributed by atoms with Crippen molar-refractivity contribution in [3.63, 3.8) is 0 Å². The summed E-state index contributed by atoms with van der Waals surface area (Å²) in [6.07, 6.45) is 0.202. The van der Waals surface area contributed by atoms with Gasteiger partial charge in [-0.25, -0.2) is 4.79 Å². The molecule has 0 saturated carbocycles. The maximum Gasteiger partial charge on any atom is 0.346 e. The van der Waals surface area contributed by atoms with Crippen LogP contribution in [-0.2, 0) is 4.79 Å². The van der Waals surface area contributed by atoms with Crippen molar-refractivity contribution >= 4 is 28.9 Å². The van der Waals surface area contributed by atoms with Gasteiger partial charge in [-0.3, -0.25) is 4.79 Å². The van der Waals surface area contributed by atoms with Gasteiger partial charge in [-0.1, -0.05) is 42.5 Å². The van der Waals surface area contributed by atoms with Crippen LogP contribution in [0.1, 0.15) is 39.4 Å². The molecule has 2 heterocycles. The molecule has 3 aromatic rings. The summed E-state index contributed by atoms with van der Waals surface area (Å²) < 4.78 is 11.3. The Morgan fingerprint density at radius 2 is 1.97 bits per heavy atom. The van der Waals surface area contributed by atoms with E-state index in [0.717, 1.165) is 16.0 Å². The number of carboxylic acids is 1. The standard InChI is InChI=1S/C23H21NO5S/c1-3-29-20-14(10-7-11-16(20)28-2)15-12-17(25)24-19-18(13-8-5-4-6-9-13)22(23(26)27)30-21(15)19/h4-11,15H,3,12H2,1-2H3,(H,24,25)(H,26,27). The monoisotopic (exact) mass is 423 g/mol. The van der Waals surface area contributed by atoms with Crippen LogP contribution in [0.5, 0.6) is 11.5 Å². The number of nitrogens with one attached hydrogen (secondary N) is 1. The molecule has 4 rings (SSSR count). The van der Waals surface area contributed by atoms with E-state index in [0.29, 0.717) is 29.4 Å². The highest BCUT2D eigenvalue weighted by Gasteiger charge is 2.36. The zero-order chi connectivity index (χ0) is 21.3. The Morgan fingerprint density at radius 1 is 1.20 bits per heavy atom. The van der Waals surface area contributed by atoms with E-state index < -0.39 is 5.97 Å². The molecule has 30 heavy (non-hydrogen) atoms. The predicted molar refractivity (Wildman–Crippen MR) is 116 cm³/mol. The molecule has 0 saturated heterocycles. The van der Waals surface area contributed by atoms with Crippen molar-refractivity contribution in [1.29, 1.82) is 0 Å². The highest BCUT2D eigenvalue weighted by atomic mass is 32.1. The summed E-state index contributed by atoms with van der Waals surface area (Å²) in [5, 5.41) is 12.8. The minimum absolute atomic E-state index is 0.162. The molecule has 1 aromatic heterocycles. The van der Waals surface area contributed by atoms with Gasteiger partial charge in [-0.05, 0) is 18.6 Å². The van der Waals surface area contributed by atoms with Crippen LogP contribution in [0.15, 0.2) is 48.5 Å². The molecule has 154 valence electrons. The van der Waals surface area contributed by atoms with Gasteiger partial charge in [0, 0.05) is 28.3 Å². The number of rotatable bonds is 6. The van der Waals surface area contributed by atoms with Crippen LogP contribution < -0.4 is 14.8 Å². The lowest BCUT2D eigenvalue weighted by molar-refractivity contribution is -0.116. The second-order valence-corrected chi connectivity index (χ2v) is 7.89. The smallest absolute Gasteiger partial charge is 0.346 e. The number of amides is 1. The van der Waals surface area contributed by atoms with Gasteiger partial charge in [0.1, 0.15) is 4.88 Å². The average molecular weight is 423 g/mol. The Balaban J connectivity index is 1.95. The van der Waals surface area contributed by atoms with E-state index in [1.54, 1.807) is 7.11 Å². The van der Waals surface area contributed by atoms with Gasteiger partial charge >= 0.3 is 5.97 Å². The number of fused-ring (bicyclic) bond motifs is 1. The van der Waals surface area contributed by atoms with Crippen LogP contribution in [0.25, 0.3) is 11.1 Å². The summed E-state index contributed by atoms with van der Waals surface area (Å²) in [5.41, 5.74) is 2.67. The molecular weight excluding hydrogens is 402 g/mol. The first-order valence-corrected chi connectivity index (χ1v) is 10.4. The first-order valence-electron chi connectivity index (χ1n) is 9.60. The number of hydrogen-bond donors (Lipinski definition) is 2. The van der Waals surface area contributed by atoms with E-state index in [2.05, 4.69) is 5.32 Å². The molecule has 0 bridgehead atoms. The predicted octanol–water partition coefficient (Wildman–Crippen LogP) is 4.99. The van der Waals surface area contributed by atoms with Crippen LogP contribution in [0.4, 0.5) is 5.69 Å². The number of ether oxygens (including phenoxy) is 2. The molecule has 7 heteroatoms. The number of anilines is 1. The van der Waals surface area contributed by atoms with Crippen LogP contribution in [-0.4, -0.2) is 30.7 Å². The largest absolute Gasteiger partial charge is 0.493 e. The first-order chi connectivity index (χ1) is 14.5. The van der Waals surface area contributed by atoms with Gasteiger partial charge in [0.2, 0.25) is 5.91 Å². The van der Waals surface area contributed by atoms with Gasteiger partial charge < -0.3 is 19.9 Å². The zero-order valence-corrected chi connectivity index (χ0v) is 17.4. The molecule has 2 N–H and O–H groups in total. The van der Waals surface area contributed by atoms with E-state index >= 15 is 0 Å². The van der Waals surface area contributed by atoms with Crippen molar-refractivity contribution in [2.45, 2.75) is 19.3 Å². The molecule has 0 aliphatic carbocycles. The lowest BCUT2D eigenvalue weighted by Gasteiger charge is -2.26. The van der Waals surface area contributed by atoms with Crippen LogP contribution in [0.3, 0.4) is 0 Å². The third kappa shape index (κ3) is 3.41. The normalized spacial score (nSPS) is 15.3. The number of carbonyl (C=O) groups excluding carboxylic acids is 1. The van der Waals surface area contributed by atoms with E-state index in [1.165, 1.54) is 11.3 Å². The number of aromatic carboxylic acids is 1. The molecule has 2 aromatic carbocycles. The molecule has 1 unspecified atom stereocenters. The van der Waals surface area contributed by atoms with Gasteiger partial charge in [-0.2, -0.15) is 0 Å². The Kier molecular flexibility index (Phi) is 5.46. The number of hydrogen-bond acceptors (Lipinski definition) is 5. The number of thiophene rings is 1. The highest BCUT2D eigenvalue weighted by Crippen LogP contribution is 2.51. The molecule has 1 amide bonds. The minimum atomic E-state index is -1.02. The van der Waals surface area contributed by atoms with Crippen LogP contribution in [0.2, 0.25) is 0 Å². The van der Waals surface area contributed by atoms with Gasteiger partial charge in [-0.15, -0.1) is 11.3 Å². The Morgan fingerprint density at radius 3 is 2.63 bits per heavy atom. The number of carbonyl (C=O) groups is 2. The fourth-order valence-electron chi connectivity index (χ4n) is 3.84. The topological polar surface area (TPSA) is 84.9 Å². The number of para-hydroxylation sites is 1. The molecule has 0 fully saturated rings. The van der Waals surface area contributed by atoms with Crippen LogP contribution in [0, 0.1) is 0 Å². The van der Waals surface area contributed by atoms with Crippen molar-refractivity contribution in [3.8, 4) is 22.6 Å². The SMILES string of the molecule is CCOc1c(OC)cccc1C1CC(=O)Nc2c1sc(C(=O)O)c2-c1ccccc1. The molecule has 1 aliphatic rings. The molecule has 1 aliphatic heterocycles. The highest BCUT2D eigenvalue weighted by molar-refractivity contribution is 7.15. The summed E-state index contributed by atoms with van der Waals surface area (Å²) in [6, 6.07) is 14.8. The molecule has 0 spiro atoms. The number of benzene rings is 2. The fourth-order valence-corrected chi connectivity index (χ4v) is 5.07. The summed E-state index contributed by atoms with van der Waals surface area (Å²) >= 11 is 1.20. The maximum absolute atomic E-state index is 12.7. The van der Waals surface area contributed by atoms with Crippen molar-refractivity contribution in [2.24, 2.45) is 0 Å². The summed E-state index contributed by atoms with van der Waals surface area (Å²) in [4.78, 5) is 25.7. The Bertz CT molecular complexity index is 1110. The first kappa shape index (κ1) is 20.0. The second kappa shape index (κ2) is 8.20. The number of carboxylic acid groups (broad SMARTS) is 1. The van der Waals surface area contributed by atoms with Gasteiger partial charge in [0.05, 0.1) is 19.4 Å². The Labute approximate surface area is 178 Å². The summed E-state index contributed by atoms with van der Waals surface area (Å²) in [5.74, 6) is -0.340. The quantitative estimate of drug-likeness (QED) is 0.583. The third-order valence-corrected chi connectivity index (χ3v) is 6.35. The lowest BCUT2D eigenvalue weighted by atomic mass is 9.88. The van der Waals surface area contributed by atoms with Gasteiger partial charge in [0.25, 0.3) is 0 Å². The van der Waals surface area contributed by atoms with E-state index in [-0.39, 0.29) is 23.1 Å². The summed E-state index contributed by atoms with van der Waals surface area (Å²) in [6.45, 7) is 2.33. The number of methoxy groups -OCH3 is 1. The minimum Gasteiger partial charge on any atom is -0.493 e. The molecule has 1 atom stereocenters.